The van der Waals surface area contributed by atoms with Crippen molar-refractivity contribution in [1.29, 1.82) is 0 Å². The van der Waals surface area contributed by atoms with E-state index in [0.29, 0.717) is 30.1 Å². The number of pyridine rings is 2. The van der Waals surface area contributed by atoms with Gasteiger partial charge in [-0.3, -0.25) is 14.8 Å². The van der Waals surface area contributed by atoms with Gasteiger partial charge < -0.3 is 19.9 Å². The molecule has 2 aromatic heterocycles. The SMILES string of the molecule is NC(=O)c1ccncc1COc1ccc(Sc2ccncc2C2OCCO2)cc1. The molecule has 0 atom stereocenters. The number of benzene rings is 1. The van der Waals surface area contributed by atoms with Crippen molar-refractivity contribution >= 4 is 17.7 Å². The predicted octanol–water partition coefficient (Wildman–Crippen LogP) is 3.35. The minimum atomic E-state index is -0.499. The summed E-state index contributed by atoms with van der Waals surface area (Å²) in [5, 5.41) is 0. The highest BCUT2D eigenvalue weighted by molar-refractivity contribution is 7.99. The fourth-order valence-corrected chi connectivity index (χ4v) is 3.80. The number of rotatable bonds is 7. The lowest BCUT2D eigenvalue weighted by molar-refractivity contribution is -0.0462. The Morgan fingerprint density at radius 1 is 1.07 bits per heavy atom. The van der Waals surface area contributed by atoms with Gasteiger partial charge >= 0.3 is 0 Å². The fraction of sp³-hybridized carbons (Fsp3) is 0.190. The summed E-state index contributed by atoms with van der Waals surface area (Å²) in [6.45, 7) is 1.39. The van der Waals surface area contributed by atoms with Crippen molar-refractivity contribution in [1.82, 2.24) is 9.97 Å². The molecule has 1 amide bonds. The van der Waals surface area contributed by atoms with E-state index in [4.69, 9.17) is 19.9 Å². The monoisotopic (exact) mass is 409 g/mol. The first kappa shape index (κ1) is 19.4. The van der Waals surface area contributed by atoms with Crippen LogP contribution in [-0.4, -0.2) is 29.1 Å². The van der Waals surface area contributed by atoms with E-state index in [0.717, 1.165) is 15.4 Å². The van der Waals surface area contributed by atoms with Crippen LogP contribution in [0.2, 0.25) is 0 Å². The Balaban J connectivity index is 1.42. The van der Waals surface area contributed by atoms with Crippen LogP contribution in [0.25, 0.3) is 0 Å². The molecule has 1 aliphatic heterocycles. The molecule has 4 rings (SSSR count). The lowest BCUT2D eigenvalue weighted by Gasteiger charge is -2.14. The first-order valence-electron chi connectivity index (χ1n) is 9.01. The fourth-order valence-electron chi connectivity index (χ4n) is 2.88. The lowest BCUT2D eigenvalue weighted by Crippen LogP contribution is -2.15. The molecule has 1 fully saturated rings. The van der Waals surface area contributed by atoms with Crippen LogP contribution >= 0.6 is 11.8 Å². The number of nitrogens with two attached hydrogens (primary N) is 1. The van der Waals surface area contributed by atoms with Gasteiger partial charge in [0.15, 0.2) is 6.29 Å². The first-order chi connectivity index (χ1) is 14.2. The highest BCUT2D eigenvalue weighted by Gasteiger charge is 2.22. The molecule has 0 spiro atoms. The summed E-state index contributed by atoms with van der Waals surface area (Å²) in [5.41, 5.74) is 7.37. The molecule has 2 N–H and O–H groups in total. The molecule has 1 aliphatic rings. The van der Waals surface area contributed by atoms with Crippen molar-refractivity contribution in [2.24, 2.45) is 5.73 Å². The number of hydrogen-bond acceptors (Lipinski definition) is 7. The van der Waals surface area contributed by atoms with Gasteiger partial charge in [-0.2, -0.15) is 0 Å². The Kier molecular flexibility index (Phi) is 6.04. The molecule has 8 heteroatoms. The van der Waals surface area contributed by atoms with Crippen LogP contribution in [0.3, 0.4) is 0 Å². The van der Waals surface area contributed by atoms with Gasteiger partial charge in [0.1, 0.15) is 12.4 Å². The van der Waals surface area contributed by atoms with Crippen molar-refractivity contribution in [3.63, 3.8) is 0 Å². The lowest BCUT2D eigenvalue weighted by atomic mass is 10.1. The number of carbonyl (C=O) groups excluding carboxylic acids is 1. The zero-order valence-corrected chi connectivity index (χ0v) is 16.3. The largest absolute Gasteiger partial charge is 0.489 e. The second-order valence-electron chi connectivity index (χ2n) is 6.25. The van der Waals surface area contributed by atoms with Gasteiger partial charge in [-0.1, -0.05) is 11.8 Å². The summed E-state index contributed by atoms with van der Waals surface area (Å²) in [6.07, 6.45) is 6.28. The van der Waals surface area contributed by atoms with Crippen molar-refractivity contribution in [3.05, 3.63) is 77.9 Å². The van der Waals surface area contributed by atoms with Gasteiger partial charge in [-0.25, -0.2) is 0 Å². The van der Waals surface area contributed by atoms with Gasteiger partial charge in [0.25, 0.3) is 0 Å². The van der Waals surface area contributed by atoms with E-state index in [1.165, 1.54) is 6.20 Å². The quantitative estimate of drug-likeness (QED) is 0.639. The third-order valence-corrected chi connectivity index (χ3v) is 5.40. The van der Waals surface area contributed by atoms with Gasteiger partial charge in [0.2, 0.25) is 5.91 Å². The summed E-state index contributed by atoms with van der Waals surface area (Å²) >= 11 is 1.60. The molecule has 0 aliphatic carbocycles. The third kappa shape index (κ3) is 4.73. The first-order valence-corrected chi connectivity index (χ1v) is 9.83. The standard InChI is InChI=1S/C21H19N3O4S/c22-20(25)17-5-7-23-11-14(17)13-28-15-1-3-16(4-2-15)29-19-6-8-24-12-18(19)21-26-9-10-27-21/h1-8,11-12,21H,9-10,13H2,(H2,22,25). The van der Waals surface area contributed by atoms with Crippen molar-refractivity contribution in [2.45, 2.75) is 22.7 Å². The Hall–Kier alpha value is -2.94. The van der Waals surface area contributed by atoms with Gasteiger partial charge in [-0.15, -0.1) is 0 Å². The number of aromatic nitrogens is 2. The number of amides is 1. The number of nitrogens with zero attached hydrogens (tertiary/aromatic N) is 2. The molecule has 0 saturated carbocycles. The Morgan fingerprint density at radius 3 is 2.55 bits per heavy atom. The van der Waals surface area contributed by atoms with Crippen molar-refractivity contribution in [3.8, 4) is 5.75 Å². The zero-order chi connectivity index (χ0) is 20.1. The number of ether oxygens (including phenoxy) is 3. The van der Waals surface area contributed by atoms with Crippen LogP contribution in [0.15, 0.2) is 71.0 Å². The summed E-state index contributed by atoms with van der Waals surface area (Å²) in [7, 11) is 0. The normalized spacial score (nSPS) is 14.1. The maximum absolute atomic E-state index is 11.5. The average molecular weight is 409 g/mol. The van der Waals surface area contributed by atoms with Crippen LogP contribution in [-0.2, 0) is 16.1 Å². The van der Waals surface area contributed by atoms with Gasteiger partial charge in [-0.05, 0) is 36.4 Å². The highest BCUT2D eigenvalue weighted by Crippen LogP contribution is 2.36. The third-order valence-electron chi connectivity index (χ3n) is 4.30. The highest BCUT2D eigenvalue weighted by atomic mass is 32.2. The molecule has 0 bridgehead atoms. The summed E-state index contributed by atoms with van der Waals surface area (Å²) in [6, 6.07) is 11.2. The van der Waals surface area contributed by atoms with Crippen LogP contribution in [0.5, 0.6) is 5.75 Å². The maximum Gasteiger partial charge on any atom is 0.249 e. The van der Waals surface area contributed by atoms with Crippen molar-refractivity contribution < 1.29 is 19.0 Å². The van der Waals surface area contributed by atoms with E-state index < -0.39 is 5.91 Å². The molecule has 1 aromatic carbocycles. The Labute approximate surface area is 172 Å². The number of hydrogen-bond donors (Lipinski definition) is 1. The molecule has 29 heavy (non-hydrogen) atoms. The van der Waals surface area contributed by atoms with E-state index >= 15 is 0 Å². The molecular formula is C21H19N3O4S. The smallest absolute Gasteiger partial charge is 0.249 e. The zero-order valence-electron chi connectivity index (χ0n) is 15.5. The summed E-state index contributed by atoms with van der Waals surface area (Å²) in [5.74, 6) is 0.187. The predicted molar refractivity (Wildman–Crippen MR) is 107 cm³/mol. The number of carbonyl (C=O) groups is 1. The van der Waals surface area contributed by atoms with E-state index in [1.54, 1.807) is 36.4 Å². The minimum Gasteiger partial charge on any atom is -0.489 e. The second-order valence-corrected chi connectivity index (χ2v) is 7.36. The summed E-state index contributed by atoms with van der Waals surface area (Å²) in [4.78, 5) is 21.8. The molecular weight excluding hydrogens is 390 g/mol. The van der Waals surface area contributed by atoms with E-state index in [-0.39, 0.29) is 12.9 Å². The molecule has 7 nitrogen and oxygen atoms in total. The second kappa shape index (κ2) is 9.04. The van der Waals surface area contributed by atoms with E-state index in [9.17, 15) is 4.79 Å². The molecule has 148 valence electrons. The Bertz CT molecular complexity index is 991. The Morgan fingerprint density at radius 2 is 1.79 bits per heavy atom. The van der Waals surface area contributed by atoms with Gasteiger partial charge in [0, 0.05) is 51.3 Å². The molecule has 0 radical (unpaired) electrons. The average Bonchev–Trinajstić information content (AvgIpc) is 3.28. The molecule has 1 saturated heterocycles. The minimum absolute atomic E-state index is 0.212. The molecule has 0 unspecified atom stereocenters. The molecule has 3 heterocycles. The van der Waals surface area contributed by atoms with Crippen LogP contribution in [0, 0.1) is 0 Å². The summed E-state index contributed by atoms with van der Waals surface area (Å²) < 4.78 is 17.0. The van der Waals surface area contributed by atoms with Crippen LogP contribution in [0.4, 0.5) is 0 Å². The van der Waals surface area contributed by atoms with E-state index in [1.807, 2.05) is 30.3 Å². The van der Waals surface area contributed by atoms with E-state index in [2.05, 4.69) is 9.97 Å². The maximum atomic E-state index is 11.5. The van der Waals surface area contributed by atoms with Crippen LogP contribution < -0.4 is 10.5 Å². The van der Waals surface area contributed by atoms with Crippen LogP contribution in [0.1, 0.15) is 27.8 Å². The van der Waals surface area contributed by atoms with Crippen molar-refractivity contribution in [2.75, 3.05) is 13.2 Å². The van der Waals surface area contributed by atoms with Gasteiger partial charge in [0.05, 0.1) is 13.2 Å². The topological polar surface area (TPSA) is 96.6 Å². The molecule has 3 aromatic rings. The number of primary amides is 1.